The molecule has 5 N–H and O–H groups in total. The van der Waals surface area contributed by atoms with Crippen LogP contribution in [-0.2, 0) is 25.2 Å². The van der Waals surface area contributed by atoms with Crippen molar-refractivity contribution in [1.29, 1.82) is 0 Å². The van der Waals surface area contributed by atoms with Gasteiger partial charge in [0.15, 0.2) is 6.10 Å². The van der Waals surface area contributed by atoms with Crippen molar-refractivity contribution in [3.8, 4) is 5.88 Å². The maximum Gasteiger partial charge on any atom is 0.433 e. The quantitative estimate of drug-likeness (QED) is 0.313. The molecule has 0 bridgehead atoms. The van der Waals surface area contributed by atoms with E-state index < -0.39 is 42.2 Å². The summed E-state index contributed by atoms with van der Waals surface area (Å²) < 4.78 is 59.1. The molecule has 0 spiro atoms. The van der Waals surface area contributed by atoms with Crippen LogP contribution in [0.25, 0.3) is 0 Å². The van der Waals surface area contributed by atoms with Gasteiger partial charge in [0.1, 0.15) is 30.6 Å². The Kier molecular flexibility index (Phi) is 9.87. The van der Waals surface area contributed by atoms with E-state index in [1.807, 2.05) is 0 Å². The van der Waals surface area contributed by atoms with Crippen LogP contribution >= 0.6 is 0 Å². The molecule has 0 aliphatic carbocycles. The highest BCUT2D eigenvalue weighted by Gasteiger charge is 2.40. The van der Waals surface area contributed by atoms with Gasteiger partial charge in [-0.05, 0) is 6.07 Å². The van der Waals surface area contributed by atoms with E-state index >= 15 is 0 Å². The van der Waals surface area contributed by atoms with E-state index in [9.17, 15) is 28.2 Å². The highest BCUT2D eigenvalue weighted by atomic mass is 19.4. The van der Waals surface area contributed by atoms with E-state index in [2.05, 4.69) is 10.3 Å². The number of aromatic nitrogens is 1. The van der Waals surface area contributed by atoms with Crippen molar-refractivity contribution in [2.24, 2.45) is 5.73 Å². The van der Waals surface area contributed by atoms with Crippen molar-refractivity contribution in [2.45, 2.75) is 30.6 Å². The lowest BCUT2D eigenvalue weighted by molar-refractivity contribution is -0.180. The van der Waals surface area contributed by atoms with Gasteiger partial charge in [-0.1, -0.05) is 6.07 Å². The molecule has 1 aromatic heterocycles. The molecule has 0 unspecified atom stereocenters. The number of pyridine rings is 1. The molecule has 1 saturated heterocycles. The van der Waals surface area contributed by atoms with Gasteiger partial charge in [-0.2, -0.15) is 13.2 Å². The first-order valence-electron chi connectivity index (χ1n) is 9.53. The predicted octanol–water partition coefficient (Wildman–Crippen LogP) is -0.923. The van der Waals surface area contributed by atoms with E-state index in [4.69, 9.17) is 24.7 Å². The number of ether oxygens (including phenoxy) is 4. The maximum absolute atomic E-state index is 12.7. The monoisotopic (exact) mass is 453 g/mol. The largest absolute Gasteiger partial charge is 0.469 e. The Hall–Kier alpha value is -2.03. The summed E-state index contributed by atoms with van der Waals surface area (Å²) in [4.78, 5) is 15.1. The van der Waals surface area contributed by atoms with Crippen LogP contribution < -0.4 is 15.8 Å². The van der Waals surface area contributed by atoms with Crippen molar-refractivity contribution in [3.05, 3.63) is 23.9 Å². The van der Waals surface area contributed by atoms with Crippen molar-refractivity contribution in [3.63, 3.8) is 0 Å². The van der Waals surface area contributed by atoms with Crippen LogP contribution in [0.5, 0.6) is 5.88 Å². The minimum absolute atomic E-state index is 0.112. The van der Waals surface area contributed by atoms with E-state index in [1.54, 1.807) is 0 Å². The second-order valence-electron chi connectivity index (χ2n) is 6.63. The lowest BCUT2D eigenvalue weighted by atomic mass is 10.00. The number of hydrogen-bond acceptors (Lipinski definition) is 9. The Morgan fingerprint density at radius 1 is 1.23 bits per heavy atom. The molecule has 10 nitrogen and oxygen atoms in total. The number of carbonyl (C=O) groups excluding carboxylic acids is 1. The number of carbonyl (C=O) groups is 1. The molecule has 0 aromatic carbocycles. The average Bonchev–Trinajstić information content (AvgIpc) is 2.73. The molecule has 1 aliphatic rings. The number of nitrogens with one attached hydrogen (secondary N) is 1. The third-order valence-corrected chi connectivity index (χ3v) is 4.24. The zero-order valence-corrected chi connectivity index (χ0v) is 16.6. The molecule has 1 amide bonds. The summed E-state index contributed by atoms with van der Waals surface area (Å²) in [6.45, 7) is 0.705. The molecule has 1 fully saturated rings. The van der Waals surface area contributed by atoms with E-state index in [0.29, 0.717) is 19.8 Å². The van der Waals surface area contributed by atoms with E-state index in [1.165, 1.54) is 6.07 Å². The summed E-state index contributed by atoms with van der Waals surface area (Å²) in [5, 5.41) is 23.0. The second kappa shape index (κ2) is 12.1. The summed E-state index contributed by atoms with van der Waals surface area (Å²) in [6.07, 6.45) is -9.65. The van der Waals surface area contributed by atoms with Gasteiger partial charge in [-0.25, -0.2) is 4.98 Å². The van der Waals surface area contributed by atoms with Crippen LogP contribution in [0.4, 0.5) is 13.2 Å². The summed E-state index contributed by atoms with van der Waals surface area (Å²) in [6, 6.07) is 3.09. The SMILES string of the molecule is NCCOCCOCC(=O)NC[C@H]1OC[C@H](Oc2cccc(C(F)(F)F)n2)[C@@H](O)[C@H]1O. The smallest absolute Gasteiger partial charge is 0.433 e. The number of halogens is 3. The number of nitrogens with two attached hydrogens (primary N) is 1. The van der Waals surface area contributed by atoms with Crippen LogP contribution in [0.3, 0.4) is 0 Å². The molecule has 13 heteroatoms. The minimum Gasteiger partial charge on any atom is -0.469 e. The lowest BCUT2D eigenvalue weighted by Gasteiger charge is -2.37. The highest BCUT2D eigenvalue weighted by Crippen LogP contribution is 2.29. The van der Waals surface area contributed by atoms with Gasteiger partial charge in [-0.3, -0.25) is 4.79 Å². The van der Waals surface area contributed by atoms with Gasteiger partial charge >= 0.3 is 6.18 Å². The molecular formula is C18H26F3N3O7. The zero-order valence-electron chi connectivity index (χ0n) is 16.6. The first-order valence-corrected chi connectivity index (χ1v) is 9.53. The first kappa shape index (κ1) is 25.2. The standard InChI is InChI=1S/C18H26F3N3O7/c19-18(20,21)13-2-1-3-15(24-13)31-12-9-30-11(16(26)17(12)27)8-23-14(25)10-29-7-6-28-5-4-22/h1-3,11-12,16-17,26-27H,4-10,22H2,(H,23,25)/t11-,12+,16+,17-/m1/s1. The Labute approximate surface area is 176 Å². The Morgan fingerprint density at radius 2 is 1.97 bits per heavy atom. The number of rotatable bonds is 11. The van der Waals surface area contributed by atoms with Crippen molar-refractivity contribution < 1.29 is 47.1 Å². The van der Waals surface area contributed by atoms with Crippen LogP contribution in [0, 0.1) is 0 Å². The molecular weight excluding hydrogens is 427 g/mol. The van der Waals surface area contributed by atoms with Crippen LogP contribution in [0.1, 0.15) is 5.69 Å². The van der Waals surface area contributed by atoms with Gasteiger partial charge in [0.05, 0.1) is 26.4 Å². The van der Waals surface area contributed by atoms with Gasteiger partial charge in [-0.15, -0.1) is 0 Å². The van der Waals surface area contributed by atoms with Crippen LogP contribution in [0.15, 0.2) is 18.2 Å². The Balaban J connectivity index is 1.76. The maximum atomic E-state index is 12.7. The zero-order chi connectivity index (χ0) is 22.9. The highest BCUT2D eigenvalue weighted by molar-refractivity contribution is 5.77. The van der Waals surface area contributed by atoms with Gasteiger partial charge in [0, 0.05) is 19.2 Å². The summed E-state index contributed by atoms with van der Waals surface area (Å²) in [7, 11) is 0. The molecule has 1 aliphatic heterocycles. The molecule has 0 radical (unpaired) electrons. The molecule has 2 rings (SSSR count). The van der Waals surface area contributed by atoms with Gasteiger partial charge in [0.2, 0.25) is 11.8 Å². The third kappa shape index (κ3) is 8.20. The third-order valence-electron chi connectivity index (χ3n) is 4.24. The molecule has 176 valence electrons. The fourth-order valence-corrected chi connectivity index (χ4v) is 2.67. The summed E-state index contributed by atoms with van der Waals surface area (Å²) >= 11 is 0. The number of hydrogen-bond donors (Lipinski definition) is 4. The van der Waals surface area contributed by atoms with Crippen molar-refractivity contribution in [1.82, 2.24) is 10.3 Å². The van der Waals surface area contributed by atoms with Crippen molar-refractivity contribution >= 4 is 5.91 Å². The minimum atomic E-state index is -4.65. The van der Waals surface area contributed by atoms with E-state index in [-0.39, 0.29) is 32.2 Å². The number of aliphatic hydroxyl groups is 2. The predicted molar refractivity (Wildman–Crippen MR) is 99.1 cm³/mol. The molecule has 2 heterocycles. The lowest BCUT2D eigenvalue weighted by Crippen LogP contribution is -2.58. The Morgan fingerprint density at radius 3 is 2.68 bits per heavy atom. The van der Waals surface area contributed by atoms with Crippen LogP contribution in [0.2, 0.25) is 0 Å². The molecule has 4 atom stereocenters. The van der Waals surface area contributed by atoms with Crippen LogP contribution in [-0.4, -0.2) is 91.6 Å². The normalized spacial score (nSPS) is 24.1. The molecule has 0 saturated carbocycles. The first-order chi connectivity index (χ1) is 14.7. The van der Waals surface area contributed by atoms with Crippen molar-refractivity contribution in [2.75, 3.05) is 46.1 Å². The Bertz CT molecular complexity index is 696. The summed E-state index contributed by atoms with van der Waals surface area (Å²) in [5.74, 6) is -0.829. The molecule has 31 heavy (non-hydrogen) atoms. The van der Waals surface area contributed by atoms with Gasteiger partial charge in [0.25, 0.3) is 0 Å². The topological polar surface area (TPSA) is 145 Å². The van der Waals surface area contributed by atoms with E-state index in [0.717, 1.165) is 12.1 Å². The number of aliphatic hydroxyl groups excluding tert-OH is 2. The number of alkyl halides is 3. The number of nitrogens with zero attached hydrogens (tertiary/aromatic N) is 1. The number of amides is 1. The average molecular weight is 453 g/mol. The second-order valence-corrected chi connectivity index (χ2v) is 6.63. The van der Waals surface area contributed by atoms with Gasteiger partial charge < -0.3 is 40.2 Å². The fraction of sp³-hybridized carbons (Fsp3) is 0.667. The summed E-state index contributed by atoms with van der Waals surface area (Å²) in [5.41, 5.74) is 4.11. The fourth-order valence-electron chi connectivity index (χ4n) is 2.67. The molecule has 1 aromatic rings.